The molecule has 0 heterocycles. The van der Waals surface area contributed by atoms with Crippen molar-refractivity contribution < 1.29 is 37.9 Å². The molecule has 0 spiro atoms. The summed E-state index contributed by atoms with van der Waals surface area (Å²) in [7, 11) is -4.82. The molecule has 0 bridgehead atoms. The molecule has 0 aliphatic carbocycles. The van der Waals surface area contributed by atoms with Crippen LogP contribution in [0.2, 0.25) is 0 Å². The summed E-state index contributed by atoms with van der Waals surface area (Å²) < 4.78 is 25.5. The van der Waals surface area contributed by atoms with Crippen LogP contribution in [0.25, 0.3) is 0 Å². The van der Waals surface area contributed by atoms with E-state index >= 15 is 0 Å². The number of phosphoric acid groups is 1. The molecule has 0 aliphatic heterocycles. The number of esters is 2. The molecular weight excluding hydrogens is 543 g/mol. The minimum absolute atomic E-state index is 0.130. The number of rotatable bonds is 18. The summed E-state index contributed by atoms with van der Waals surface area (Å²) in [5.74, 6) is 28.6. The zero-order valence-corrected chi connectivity index (χ0v) is 24.2. The van der Waals surface area contributed by atoms with Gasteiger partial charge in [-0.1, -0.05) is 71.1 Å². The Kier molecular flexibility index (Phi) is 23.6. The Labute approximate surface area is 244 Å². The van der Waals surface area contributed by atoms with Gasteiger partial charge < -0.3 is 19.3 Å². The molecule has 1 atom stereocenters. The van der Waals surface area contributed by atoms with Gasteiger partial charge in [0.25, 0.3) is 0 Å². The highest BCUT2D eigenvalue weighted by atomic mass is 31.2. The number of phosphoric ester groups is 1. The van der Waals surface area contributed by atoms with Gasteiger partial charge in [-0.3, -0.25) is 9.32 Å². The first kappa shape index (κ1) is 37.0. The molecule has 0 rings (SSSR count). The summed E-state index contributed by atoms with van der Waals surface area (Å²) in [6.45, 7) is 1.03. The van der Waals surface area contributed by atoms with Crippen molar-refractivity contribution >= 4 is 19.8 Å². The largest absolute Gasteiger partial charge is 0.469 e. The van der Waals surface area contributed by atoms with Crippen LogP contribution in [0.4, 0.5) is 0 Å². The number of ether oxygens (including phenoxy) is 2. The molecule has 0 aromatic carbocycles. The molecule has 0 saturated heterocycles. The first-order chi connectivity index (χ1) is 19.8. The van der Waals surface area contributed by atoms with E-state index in [1.165, 1.54) is 44.9 Å². The van der Waals surface area contributed by atoms with Gasteiger partial charge in [0.05, 0.1) is 6.61 Å². The van der Waals surface area contributed by atoms with Gasteiger partial charge in [-0.2, -0.15) is 0 Å². The highest BCUT2D eigenvalue weighted by Gasteiger charge is 2.22. The summed E-state index contributed by atoms with van der Waals surface area (Å²) in [6.07, 6.45) is 16.3. The molecule has 0 saturated carbocycles. The summed E-state index contributed by atoms with van der Waals surface area (Å²) in [4.78, 5) is 41.9. The molecule has 0 aromatic rings. The van der Waals surface area contributed by atoms with Crippen LogP contribution in [0.5, 0.6) is 0 Å². The highest BCUT2D eigenvalue weighted by Crippen LogP contribution is 2.35. The molecule has 9 heteroatoms. The van der Waals surface area contributed by atoms with Crippen molar-refractivity contribution in [1.82, 2.24) is 0 Å². The van der Waals surface area contributed by atoms with Crippen molar-refractivity contribution in [2.24, 2.45) is 0 Å². The fraction of sp³-hybridized carbons (Fsp3) is 0.500. The van der Waals surface area contributed by atoms with Gasteiger partial charge >= 0.3 is 19.8 Å². The molecule has 0 amide bonds. The summed E-state index contributed by atoms with van der Waals surface area (Å²) in [6, 6.07) is 0. The Morgan fingerprint density at radius 3 is 1.66 bits per heavy atom. The molecule has 8 nitrogen and oxygen atoms in total. The standard InChI is InChI=1S/C32H35O8P/c1-3-5-7-9-11-13-15-17-18-20-22-24-26-31(33)38-28-30(29-39-41(35,36)37)40-32(34)27-25-23-21-19-16-14-12-10-8-6-4-2/h1,30H,4,6,8,10,12,14,16,19,21,23,25,27-29H2,2H3,(H2,35,36,37)/t30-/m1/s1. The van der Waals surface area contributed by atoms with E-state index < -0.39 is 39.1 Å². The number of carbonyl (C=O) groups excluding carboxylic acids is 2. The Morgan fingerprint density at radius 1 is 0.707 bits per heavy atom. The van der Waals surface area contributed by atoms with Crippen LogP contribution in [0.3, 0.4) is 0 Å². The van der Waals surface area contributed by atoms with E-state index in [0.717, 1.165) is 19.3 Å². The van der Waals surface area contributed by atoms with Gasteiger partial charge in [-0.05, 0) is 77.5 Å². The Hall–Kier alpha value is -4.03. The van der Waals surface area contributed by atoms with E-state index in [4.69, 9.17) is 25.7 Å². The number of unbranched alkanes of at least 4 members (excludes halogenated alkanes) is 10. The minimum Gasteiger partial charge on any atom is -0.456 e. The Balaban J connectivity index is 4.49. The maximum atomic E-state index is 12.2. The minimum atomic E-state index is -4.82. The van der Waals surface area contributed by atoms with Crippen LogP contribution >= 0.6 is 7.82 Å². The Morgan fingerprint density at radius 2 is 1.17 bits per heavy atom. The fourth-order valence-corrected chi connectivity index (χ4v) is 3.44. The average molecular weight is 579 g/mol. The van der Waals surface area contributed by atoms with Crippen molar-refractivity contribution in [2.45, 2.75) is 90.1 Å². The summed E-state index contributed by atoms with van der Waals surface area (Å²) >= 11 is 0. The third-order valence-electron chi connectivity index (χ3n) is 4.97. The second-order valence-corrected chi connectivity index (χ2v) is 9.67. The van der Waals surface area contributed by atoms with Crippen LogP contribution in [0.15, 0.2) is 0 Å². The van der Waals surface area contributed by atoms with Gasteiger partial charge in [-0.25, -0.2) is 9.36 Å². The van der Waals surface area contributed by atoms with Gasteiger partial charge in [0.2, 0.25) is 0 Å². The lowest BCUT2D eigenvalue weighted by molar-refractivity contribution is -0.158. The van der Waals surface area contributed by atoms with E-state index in [9.17, 15) is 14.2 Å². The second kappa shape index (κ2) is 26.2. The van der Waals surface area contributed by atoms with Crippen molar-refractivity contribution in [3.8, 4) is 83.4 Å². The smallest absolute Gasteiger partial charge is 0.456 e. The maximum Gasteiger partial charge on any atom is 0.469 e. The summed E-state index contributed by atoms with van der Waals surface area (Å²) in [5.41, 5.74) is 0. The lowest BCUT2D eigenvalue weighted by atomic mass is 10.1. The van der Waals surface area contributed by atoms with Gasteiger partial charge in [0.1, 0.15) is 6.61 Å². The van der Waals surface area contributed by atoms with Gasteiger partial charge in [-0.15, -0.1) is 6.42 Å². The van der Waals surface area contributed by atoms with E-state index in [1.54, 1.807) is 0 Å². The van der Waals surface area contributed by atoms with Crippen molar-refractivity contribution in [3.05, 3.63) is 0 Å². The molecule has 0 aliphatic rings. The normalized spacial score (nSPS) is 9.80. The summed E-state index contributed by atoms with van der Waals surface area (Å²) in [5, 5.41) is 0. The van der Waals surface area contributed by atoms with Crippen LogP contribution in [-0.2, 0) is 28.2 Å². The van der Waals surface area contributed by atoms with Crippen molar-refractivity contribution in [2.75, 3.05) is 13.2 Å². The molecule has 0 fully saturated rings. The van der Waals surface area contributed by atoms with E-state index in [2.05, 4.69) is 88.4 Å². The molecule has 0 radical (unpaired) electrons. The predicted octanol–water partition coefficient (Wildman–Crippen LogP) is 3.91. The number of hydrogen-bond acceptors (Lipinski definition) is 6. The number of carbonyl (C=O) groups is 2. The third-order valence-corrected chi connectivity index (χ3v) is 5.46. The molecule has 0 aromatic heterocycles. The van der Waals surface area contributed by atoms with Crippen LogP contribution in [0.1, 0.15) is 84.0 Å². The molecular formula is C32H35O8P. The molecule has 2 N–H and O–H groups in total. The lowest BCUT2D eigenvalue weighted by Gasteiger charge is -2.17. The zero-order valence-electron chi connectivity index (χ0n) is 23.3. The average Bonchev–Trinajstić information content (AvgIpc) is 2.93. The molecule has 41 heavy (non-hydrogen) atoms. The predicted molar refractivity (Wildman–Crippen MR) is 155 cm³/mol. The first-order valence-corrected chi connectivity index (χ1v) is 14.8. The fourth-order valence-electron chi connectivity index (χ4n) is 3.08. The van der Waals surface area contributed by atoms with E-state index in [0.29, 0.717) is 6.42 Å². The van der Waals surface area contributed by atoms with Gasteiger partial charge in [0.15, 0.2) is 6.10 Å². The third kappa shape index (κ3) is 28.8. The van der Waals surface area contributed by atoms with E-state index in [1.807, 2.05) is 0 Å². The van der Waals surface area contributed by atoms with Crippen LogP contribution in [-0.4, -0.2) is 41.0 Å². The lowest BCUT2D eigenvalue weighted by Crippen LogP contribution is -2.29. The van der Waals surface area contributed by atoms with Crippen molar-refractivity contribution in [1.29, 1.82) is 0 Å². The van der Waals surface area contributed by atoms with Crippen LogP contribution < -0.4 is 0 Å². The Bertz CT molecular complexity index is 1280. The monoisotopic (exact) mass is 578 g/mol. The first-order valence-electron chi connectivity index (χ1n) is 13.3. The SMILES string of the molecule is C#CC#CC#CC#CC#CC#CC#CC(=O)OC[C@H](COP(=O)(O)O)OC(=O)CCCCCCCCCCCCC. The molecule has 0 unspecified atom stereocenters. The van der Waals surface area contributed by atoms with Gasteiger partial charge in [0, 0.05) is 12.3 Å². The second-order valence-electron chi connectivity index (χ2n) is 8.43. The topological polar surface area (TPSA) is 119 Å². The number of terminal acetylenes is 1. The maximum absolute atomic E-state index is 12.2. The zero-order chi connectivity index (χ0) is 30.4. The quantitative estimate of drug-likeness (QED) is 0.0827. The van der Waals surface area contributed by atoms with Crippen LogP contribution in [0, 0.1) is 83.4 Å². The molecule has 216 valence electrons. The highest BCUT2D eigenvalue weighted by molar-refractivity contribution is 7.46. The van der Waals surface area contributed by atoms with E-state index in [-0.39, 0.29) is 6.42 Å². The number of hydrogen-bond donors (Lipinski definition) is 2. The van der Waals surface area contributed by atoms with Crippen molar-refractivity contribution in [3.63, 3.8) is 0 Å².